The van der Waals surface area contributed by atoms with Gasteiger partial charge in [-0.15, -0.1) is 11.3 Å². The zero-order valence-electron chi connectivity index (χ0n) is 9.74. The molecule has 5 heteroatoms. The minimum Gasteiger partial charge on any atom is -0.317 e. The average Bonchev–Trinajstić information content (AvgIpc) is 2.99. The summed E-state index contributed by atoms with van der Waals surface area (Å²) in [6.45, 7) is 3.61. The lowest BCUT2D eigenvalue weighted by atomic mass is 10.0. The van der Waals surface area contributed by atoms with E-state index in [4.69, 9.17) is 0 Å². The van der Waals surface area contributed by atoms with E-state index in [0.717, 1.165) is 15.7 Å². The molecule has 0 unspecified atom stereocenters. The van der Waals surface area contributed by atoms with Crippen molar-refractivity contribution in [2.24, 2.45) is 0 Å². The quantitative estimate of drug-likeness (QED) is 0.777. The third-order valence-corrected chi connectivity index (χ3v) is 4.61. The molecule has 17 heavy (non-hydrogen) atoms. The molecule has 1 aliphatic carbocycles. The van der Waals surface area contributed by atoms with Crippen LogP contribution in [-0.4, -0.2) is 22.4 Å². The Morgan fingerprint density at radius 2 is 2.29 bits per heavy atom. The number of hydrogen-bond donors (Lipinski definition) is 0. The second-order valence-corrected chi connectivity index (χ2v) is 7.52. The standard InChI is InChI=1S/C12H13IN2OS/c1-12(2,7-14)15(9-3-4-9)11(16)8-5-10(13)17-6-8/h5-6,9H,3-4H2,1-2H3. The first kappa shape index (κ1) is 12.8. The van der Waals surface area contributed by atoms with Crippen LogP contribution in [0.4, 0.5) is 0 Å². The highest BCUT2D eigenvalue weighted by Crippen LogP contribution is 2.34. The fourth-order valence-corrected chi connectivity index (χ4v) is 3.14. The lowest BCUT2D eigenvalue weighted by Crippen LogP contribution is -2.48. The number of halogens is 1. The molecule has 0 bridgehead atoms. The van der Waals surface area contributed by atoms with E-state index in [2.05, 4.69) is 28.7 Å². The fourth-order valence-electron chi connectivity index (χ4n) is 1.82. The summed E-state index contributed by atoms with van der Waals surface area (Å²) in [5, 5.41) is 11.1. The Morgan fingerprint density at radius 3 is 2.71 bits per heavy atom. The van der Waals surface area contributed by atoms with Crippen molar-refractivity contribution >= 4 is 39.8 Å². The third-order valence-electron chi connectivity index (χ3n) is 2.82. The highest BCUT2D eigenvalue weighted by atomic mass is 127. The van der Waals surface area contributed by atoms with E-state index >= 15 is 0 Å². The summed E-state index contributed by atoms with van der Waals surface area (Å²) >= 11 is 3.76. The molecule has 1 aromatic heterocycles. The summed E-state index contributed by atoms with van der Waals surface area (Å²) in [7, 11) is 0. The lowest BCUT2D eigenvalue weighted by Gasteiger charge is -2.33. The Balaban J connectivity index is 2.29. The van der Waals surface area contributed by atoms with Gasteiger partial charge in [0.25, 0.3) is 5.91 Å². The van der Waals surface area contributed by atoms with Gasteiger partial charge in [0.1, 0.15) is 5.54 Å². The summed E-state index contributed by atoms with van der Waals surface area (Å²) in [5.74, 6) is -0.0155. The number of carbonyl (C=O) groups is 1. The molecule has 0 saturated heterocycles. The molecule has 0 aromatic carbocycles. The topological polar surface area (TPSA) is 44.1 Å². The number of carbonyl (C=O) groups excluding carboxylic acids is 1. The van der Waals surface area contributed by atoms with Crippen LogP contribution in [0.1, 0.15) is 37.0 Å². The molecule has 0 aliphatic heterocycles. The first-order valence-electron chi connectivity index (χ1n) is 5.44. The van der Waals surface area contributed by atoms with Gasteiger partial charge < -0.3 is 4.90 Å². The average molecular weight is 360 g/mol. The van der Waals surface area contributed by atoms with Crippen molar-refractivity contribution in [2.45, 2.75) is 38.3 Å². The summed E-state index contributed by atoms with van der Waals surface area (Å²) in [6.07, 6.45) is 2.02. The predicted octanol–water partition coefficient (Wildman–Crippen LogP) is 3.26. The molecule has 1 aromatic rings. The molecule has 0 spiro atoms. The monoisotopic (exact) mass is 360 g/mol. The number of thiophene rings is 1. The second-order valence-electron chi connectivity index (χ2n) is 4.72. The molecule has 2 rings (SSSR count). The van der Waals surface area contributed by atoms with Gasteiger partial charge in [0.15, 0.2) is 0 Å². The van der Waals surface area contributed by atoms with Gasteiger partial charge in [-0.05, 0) is 55.3 Å². The van der Waals surface area contributed by atoms with Gasteiger partial charge in [0, 0.05) is 11.4 Å². The van der Waals surface area contributed by atoms with Crippen LogP contribution in [-0.2, 0) is 0 Å². The molecular weight excluding hydrogens is 347 g/mol. The van der Waals surface area contributed by atoms with Crippen molar-refractivity contribution in [1.29, 1.82) is 5.26 Å². The van der Waals surface area contributed by atoms with E-state index in [1.807, 2.05) is 11.4 Å². The van der Waals surface area contributed by atoms with Gasteiger partial charge in [-0.25, -0.2) is 0 Å². The second kappa shape index (κ2) is 4.58. The first-order chi connectivity index (χ1) is 7.95. The number of rotatable bonds is 3. The SMILES string of the molecule is CC(C)(C#N)N(C(=O)c1csc(I)c1)C1CC1. The largest absolute Gasteiger partial charge is 0.317 e. The zero-order valence-corrected chi connectivity index (χ0v) is 12.7. The highest BCUT2D eigenvalue weighted by Gasteiger charge is 2.42. The highest BCUT2D eigenvalue weighted by molar-refractivity contribution is 14.1. The Kier molecular flexibility index (Phi) is 3.46. The van der Waals surface area contributed by atoms with Crippen molar-refractivity contribution in [3.63, 3.8) is 0 Å². The van der Waals surface area contributed by atoms with Crippen LogP contribution in [0.25, 0.3) is 0 Å². The summed E-state index contributed by atoms with van der Waals surface area (Å²) in [6, 6.07) is 4.36. The molecule has 1 fully saturated rings. The zero-order chi connectivity index (χ0) is 12.6. The van der Waals surface area contributed by atoms with Gasteiger partial charge >= 0.3 is 0 Å². The summed E-state index contributed by atoms with van der Waals surface area (Å²) in [5.41, 5.74) is -0.0272. The van der Waals surface area contributed by atoms with Crippen LogP contribution < -0.4 is 0 Å². The number of amides is 1. The van der Waals surface area contributed by atoms with Crippen LogP contribution >= 0.6 is 33.9 Å². The molecule has 0 radical (unpaired) electrons. The number of nitrogens with zero attached hydrogens (tertiary/aromatic N) is 2. The van der Waals surface area contributed by atoms with Crippen LogP contribution in [0.15, 0.2) is 11.4 Å². The molecule has 0 atom stereocenters. The Hall–Kier alpha value is -0.610. The molecule has 3 nitrogen and oxygen atoms in total. The maximum Gasteiger partial charge on any atom is 0.256 e. The van der Waals surface area contributed by atoms with Gasteiger partial charge in [0.05, 0.1) is 14.5 Å². The molecule has 1 aliphatic rings. The number of nitriles is 1. The minimum absolute atomic E-state index is 0.0155. The van der Waals surface area contributed by atoms with Gasteiger partial charge in [-0.2, -0.15) is 5.26 Å². The maximum atomic E-state index is 12.4. The van der Waals surface area contributed by atoms with E-state index in [1.54, 1.807) is 30.1 Å². The molecule has 0 N–H and O–H groups in total. The molecule has 1 heterocycles. The number of hydrogen-bond acceptors (Lipinski definition) is 3. The van der Waals surface area contributed by atoms with Gasteiger partial charge in [0.2, 0.25) is 0 Å². The van der Waals surface area contributed by atoms with Crippen LogP contribution in [0.3, 0.4) is 0 Å². The van der Waals surface area contributed by atoms with Gasteiger partial charge in [-0.1, -0.05) is 0 Å². The lowest BCUT2D eigenvalue weighted by molar-refractivity contribution is 0.0615. The Bertz CT molecular complexity index is 485. The molecule has 1 saturated carbocycles. The van der Waals surface area contributed by atoms with E-state index in [-0.39, 0.29) is 11.9 Å². The van der Waals surface area contributed by atoms with Crippen molar-refractivity contribution in [3.05, 3.63) is 19.9 Å². The molecule has 1 amide bonds. The van der Waals surface area contributed by atoms with E-state index in [1.165, 1.54) is 0 Å². The summed E-state index contributed by atoms with van der Waals surface area (Å²) in [4.78, 5) is 14.2. The van der Waals surface area contributed by atoms with Crippen molar-refractivity contribution < 1.29 is 4.79 Å². The first-order valence-corrected chi connectivity index (χ1v) is 7.40. The van der Waals surface area contributed by atoms with Crippen LogP contribution in [0, 0.1) is 14.2 Å². The van der Waals surface area contributed by atoms with E-state index in [9.17, 15) is 10.1 Å². The van der Waals surface area contributed by atoms with Crippen molar-refractivity contribution in [3.8, 4) is 6.07 Å². The Morgan fingerprint density at radius 1 is 1.65 bits per heavy atom. The normalized spacial score (nSPS) is 15.4. The van der Waals surface area contributed by atoms with E-state index in [0.29, 0.717) is 5.56 Å². The molecular formula is C12H13IN2OS. The minimum atomic E-state index is -0.731. The maximum absolute atomic E-state index is 12.4. The Labute approximate surface area is 119 Å². The summed E-state index contributed by atoms with van der Waals surface area (Å²) < 4.78 is 1.09. The van der Waals surface area contributed by atoms with Crippen molar-refractivity contribution in [2.75, 3.05) is 0 Å². The third kappa shape index (κ3) is 2.63. The predicted molar refractivity (Wildman–Crippen MR) is 75.9 cm³/mol. The van der Waals surface area contributed by atoms with Crippen LogP contribution in [0.2, 0.25) is 0 Å². The van der Waals surface area contributed by atoms with E-state index < -0.39 is 5.54 Å². The van der Waals surface area contributed by atoms with Gasteiger partial charge in [-0.3, -0.25) is 4.79 Å². The fraction of sp³-hybridized carbons (Fsp3) is 0.500. The smallest absolute Gasteiger partial charge is 0.256 e. The van der Waals surface area contributed by atoms with Crippen LogP contribution in [0.5, 0.6) is 0 Å². The molecule has 90 valence electrons. The van der Waals surface area contributed by atoms with Crippen molar-refractivity contribution in [1.82, 2.24) is 4.90 Å².